The monoisotopic (exact) mass is 1520 g/mol. The molecule has 5 rings (SSSR count). The van der Waals surface area contributed by atoms with Gasteiger partial charge in [0.2, 0.25) is 76.8 Å². The topological polar surface area (TPSA) is 319 Å². The smallest absolute Gasteiger partial charge is 0.247 e. The fourth-order valence-electron chi connectivity index (χ4n) is 14.1. The van der Waals surface area contributed by atoms with E-state index in [1.165, 1.54) is 83.5 Å². The molecule has 3 aromatic carbocycles. The summed E-state index contributed by atoms with van der Waals surface area (Å²) in [5.41, 5.74) is 2.13. The Bertz CT molecular complexity index is 3560. The molecule has 0 aromatic heterocycles. The van der Waals surface area contributed by atoms with Crippen LogP contribution < -0.4 is 21.3 Å². The van der Waals surface area contributed by atoms with E-state index in [9.17, 15) is 53.1 Å². The summed E-state index contributed by atoms with van der Waals surface area (Å²) >= 11 is 0. The number of likely N-dealkylation sites (tertiary alicyclic amines) is 1. The van der Waals surface area contributed by atoms with Gasteiger partial charge < -0.3 is 70.5 Å². The van der Waals surface area contributed by atoms with E-state index in [-0.39, 0.29) is 75.8 Å². The second-order valence-electron chi connectivity index (χ2n) is 31.6. The number of likely N-dealkylation sites (N-methyl/N-ethyl adjacent to an activating group) is 6. The predicted molar refractivity (Wildman–Crippen MR) is 417 cm³/mol. The van der Waals surface area contributed by atoms with Gasteiger partial charge >= 0.3 is 0 Å². The highest BCUT2D eigenvalue weighted by molar-refractivity contribution is 5.98. The standard InChI is InChI=1S/C82H125N13O14/c1-51(2)40-65-75(102)85-63(53(5)6)47-69(97)84-64(80(107)94(19)68(45-61-36-28-22-29-37-61)81(108)93(18)67(44-60-34-26-21-27-35-60)74(101)83-57(10)79(106)95-38-30-23-31-39-95)48-71(99)88(13)49-54(7)77(104)90(15)62(43-59-32-24-20-25-33-59)46-70(98)87(12)50-55(8)78(105)92(17)66(41-52(3)4)76(103)86-73(58(11)96)82(109)89(14)56(9)42-72(100)91(65)16/h20-22,24-29,32-37,51-58,62-68,73,96H,23,30-31,38-50H2,1-19H3,(H,83,101)(H,84,97)(H,85,102)(H,86,103)/t54-,55-,56+,57+,58-,62+,63-,64+,65+,66+,67+,68+,73+/m1/s1. The van der Waals surface area contributed by atoms with Crippen molar-refractivity contribution >= 4 is 76.8 Å². The number of benzene rings is 3. The summed E-state index contributed by atoms with van der Waals surface area (Å²) in [5.74, 6) is -10.4. The third-order valence-corrected chi connectivity index (χ3v) is 21.3. The lowest BCUT2D eigenvalue weighted by Crippen LogP contribution is -2.60. The highest BCUT2D eigenvalue weighted by Crippen LogP contribution is 2.24. The van der Waals surface area contributed by atoms with Crippen LogP contribution in [-0.4, -0.2) is 275 Å². The molecule has 0 saturated carbocycles. The number of nitrogens with one attached hydrogen (secondary N) is 4. The number of aliphatic hydroxyl groups is 1. The first kappa shape index (κ1) is 90.3. The fraction of sp³-hybridized carbons (Fsp3) is 0.622. The summed E-state index contributed by atoms with van der Waals surface area (Å²) in [6, 6.07) is 15.5. The Hall–Kier alpha value is -9.27. The molecular weight excluding hydrogens is 1390 g/mol. The number of carbonyl (C=O) groups is 13. The molecular formula is C82H125N13O14. The molecule has 2 aliphatic rings. The normalized spacial score (nSPS) is 23.8. The zero-order valence-corrected chi connectivity index (χ0v) is 68.0. The van der Waals surface area contributed by atoms with Crippen molar-refractivity contribution in [1.29, 1.82) is 0 Å². The molecule has 0 bridgehead atoms. The predicted octanol–water partition coefficient (Wildman–Crippen LogP) is 4.56. The maximum Gasteiger partial charge on any atom is 0.247 e. The molecule has 602 valence electrons. The summed E-state index contributed by atoms with van der Waals surface area (Å²) < 4.78 is 0. The van der Waals surface area contributed by atoms with Crippen LogP contribution >= 0.6 is 0 Å². The number of aliphatic hydroxyl groups excluding tert-OH is 1. The first-order chi connectivity index (χ1) is 51.2. The molecule has 5 N–H and O–H groups in total. The average Bonchev–Trinajstić information content (AvgIpc) is 0.820. The van der Waals surface area contributed by atoms with Gasteiger partial charge in [0.15, 0.2) is 0 Å². The van der Waals surface area contributed by atoms with E-state index >= 15 is 14.4 Å². The number of hydrogen-bond acceptors (Lipinski definition) is 14. The van der Waals surface area contributed by atoms with Crippen LogP contribution in [0.5, 0.6) is 0 Å². The lowest BCUT2D eigenvalue weighted by molar-refractivity contribution is -0.150. The maximum atomic E-state index is 15.8. The first-order valence-electron chi connectivity index (χ1n) is 38.6. The molecule has 27 heteroatoms. The molecule has 0 spiro atoms. The molecule has 109 heavy (non-hydrogen) atoms. The van der Waals surface area contributed by atoms with Crippen molar-refractivity contribution in [1.82, 2.24) is 65.4 Å². The molecule has 13 atom stereocenters. The minimum atomic E-state index is -1.71. The highest BCUT2D eigenvalue weighted by Gasteiger charge is 2.42. The van der Waals surface area contributed by atoms with E-state index < -0.39 is 168 Å². The molecule has 13 amide bonds. The average molecular weight is 1520 g/mol. The minimum absolute atomic E-state index is 0.0145. The number of carbonyl (C=O) groups excluding carboxylic acids is 13. The SMILES string of the molecule is CC(C)C[C@H]1C(=O)N[C@@H](C(C)C)CC(=O)N[C@H](C(=O)N(C)[C@@H](Cc2ccccc2)C(=O)N(C)[C@@H](Cc2ccccc2)C(=O)N[C@@H](C)C(=O)N2CCCCC2)CC(=O)N(C)C[C@@H](C)C(=O)N(C)[C@@H](Cc2ccccc2)CC(=O)N(C)C[C@@H](C)C(=O)N(C)[C@@H](CC(C)C)C(=O)N[C@@H]([C@@H](C)O)C(=O)N(C)[C@@H](C)CC(=O)N1C. The van der Waals surface area contributed by atoms with Crippen molar-refractivity contribution in [2.75, 3.05) is 82.6 Å². The Morgan fingerprint density at radius 1 is 0.523 bits per heavy atom. The zero-order chi connectivity index (χ0) is 81.4. The van der Waals surface area contributed by atoms with Crippen LogP contribution in [0.4, 0.5) is 0 Å². The Morgan fingerprint density at radius 2 is 0.991 bits per heavy atom. The van der Waals surface area contributed by atoms with Crippen molar-refractivity contribution in [3.63, 3.8) is 0 Å². The van der Waals surface area contributed by atoms with Crippen LogP contribution in [0.2, 0.25) is 0 Å². The second-order valence-corrected chi connectivity index (χ2v) is 31.6. The van der Waals surface area contributed by atoms with Crippen molar-refractivity contribution < 1.29 is 67.4 Å². The quantitative estimate of drug-likeness (QED) is 0.110. The number of piperidine rings is 1. The Morgan fingerprint density at radius 3 is 1.49 bits per heavy atom. The minimum Gasteiger partial charge on any atom is -0.391 e. The van der Waals surface area contributed by atoms with Gasteiger partial charge in [0, 0.05) is 133 Å². The Kier molecular flexibility index (Phi) is 35.3. The highest BCUT2D eigenvalue weighted by atomic mass is 16.3. The molecule has 2 saturated heterocycles. The van der Waals surface area contributed by atoms with E-state index in [1.54, 1.807) is 103 Å². The maximum absolute atomic E-state index is 15.8. The van der Waals surface area contributed by atoms with Crippen molar-refractivity contribution in [3.8, 4) is 0 Å². The Labute approximate surface area is 646 Å². The zero-order valence-electron chi connectivity index (χ0n) is 68.0. The molecule has 2 heterocycles. The van der Waals surface area contributed by atoms with Crippen LogP contribution in [0.25, 0.3) is 0 Å². The molecule has 0 unspecified atom stereocenters. The van der Waals surface area contributed by atoms with Gasteiger partial charge in [-0.15, -0.1) is 0 Å². The van der Waals surface area contributed by atoms with Gasteiger partial charge in [0.05, 0.1) is 24.4 Å². The third-order valence-electron chi connectivity index (χ3n) is 21.3. The van der Waals surface area contributed by atoms with E-state index in [1.807, 2.05) is 76.2 Å². The van der Waals surface area contributed by atoms with Crippen LogP contribution in [0.15, 0.2) is 91.0 Å². The number of amides is 13. The summed E-state index contributed by atoms with van der Waals surface area (Å²) in [4.78, 5) is 204. The number of rotatable bonds is 19. The second kappa shape index (κ2) is 42.6. The largest absolute Gasteiger partial charge is 0.391 e. The molecule has 2 fully saturated rings. The van der Waals surface area contributed by atoms with E-state index in [2.05, 4.69) is 21.3 Å². The number of hydrogen-bond donors (Lipinski definition) is 5. The van der Waals surface area contributed by atoms with Crippen LogP contribution in [-0.2, 0) is 81.6 Å². The molecule has 0 aliphatic carbocycles. The summed E-state index contributed by atoms with van der Waals surface area (Å²) in [7, 11) is 11.7. The van der Waals surface area contributed by atoms with Gasteiger partial charge in [-0.3, -0.25) is 62.3 Å². The third kappa shape index (κ3) is 26.5. The fourth-order valence-corrected chi connectivity index (χ4v) is 14.1. The van der Waals surface area contributed by atoms with Crippen LogP contribution in [0.3, 0.4) is 0 Å². The van der Waals surface area contributed by atoms with Gasteiger partial charge in [0.25, 0.3) is 0 Å². The van der Waals surface area contributed by atoms with Gasteiger partial charge in [-0.25, -0.2) is 0 Å². The number of nitrogens with zero attached hydrogens (tertiary/aromatic N) is 9. The first-order valence-corrected chi connectivity index (χ1v) is 38.6. The van der Waals surface area contributed by atoms with Crippen molar-refractivity contribution in [2.45, 2.75) is 220 Å². The molecule has 27 nitrogen and oxygen atoms in total. The molecule has 2 aliphatic heterocycles. The summed E-state index contributed by atoms with van der Waals surface area (Å²) in [6.07, 6.45) is -0.00598. The van der Waals surface area contributed by atoms with E-state index in [0.29, 0.717) is 24.2 Å². The van der Waals surface area contributed by atoms with Gasteiger partial charge in [0.1, 0.15) is 42.3 Å². The lowest BCUT2D eigenvalue weighted by Gasteiger charge is -2.37. The van der Waals surface area contributed by atoms with E-state index in [0.717, 1.165) is 29.7 Å². The molecule has 3 aromatic rings. The van der Waals surface area contributed by atoms with Gasteiger partial charge in [-0.2, -0.15) is 0 Å². The van der Waals surface area contributed by atoms with Crippen molar-refractivity contribution in [2.24, 2.45) is 29.6 Å². The lowest BCUT2D eigenvalue weighted by atomic mass is 9.97. The van der Waals surface area contributed by atoms with Gasteiger partial charge in [-0.05, 0) is 93.7 Å². The molecule has 0 radical (unpaired) electrons. The van der Waals surface area contributed by atoms with E-state index in [4.69, 9.17) is 0 Å². The summed E-state index contributed by atoms with van der Waals surface area (Å²) in [5, 5.41) is 22.5. The van der Waals surface area contributed by atoms with Gasteiger partial charge in [-0.1, -0.05) is 146 Å². The Balaban J connectivity index is 1.61. The van der Waals surface area contributed by atoms with Crippen LogP contribution in [0, 0.1) is 29.6 Å². The van der Waals surface area contributed by atoms with Crippen molar-refractivity contribution in [3.05, 3.63) is 108 Å². The summed E-state index contributed by atoms with van der Waals surface area (Å²) in [6.45, 7) is 19.6. The van der Waals surface area contributed by atoms with Crippen LogP contribution in [0.1, 0.15) is 151 Å².